The number of amides is 1. The Morgan fingerprint density at radius 3 is 2.36 bits per heavy atom. The Hall–Kier alpha value is -1.45. The van der Waals surface area contributed by atoms with Gasteiger partial charge in [-0.3, -0.25) is 4.79 Å². The maximum atomic E-state index is 13.5. The second-order valence-electron chi connectivity index (χ2n) is 6.88. The van der Waals surface area contributed by atoms with E-state index < -0.39 is 11.6 Å². The van der Waals surface area contributed by atoms with E-state index in [1.54, 1.807) is 0 Å². The minimum Gasteiger partial charge on any atom is -0.332 e. The smallest absolute Gasteiger partial charge is 0.226 e. The quantitative estimate of drug-likeness (QED) is 0.807. The van der Waals surface area contributed by atoms with Crippen molar-refractivity contribution in [2.24, 2.45) is 11.8 Å². The molecule has 2 fully saturated rings. The van der Waals surface area contributed by atoms with Crippen LogP contribution in [0.15, 0.2) is 18.2 Å². The fourth-order valence-corrected chi connectivity index (χ4v) is 4.03. The molecule has 0 bridgehead atoms. The van der Waals surface area contributed by atoms with Crippen molar-refractivity contribution < 1.29 is 13.6 Å². The third-order valence-electron chi connectivity index (χ3n) is 5.22. The molecule has 0 spiro atoms. The number of benzene rings is 1. The summed E-state index contributed by atoms with van der Waals surface area (Å²) in [6.45, 7) is 4.23. The van der Waals surface area contributed by atoms with Gasteiger partial charge in [0.05, 0.1) is 6.04 Å². The Balaban J connectivity index is 1.87. The molecule has 1 aromatic carbocycles. The zero-order chi connectivity index (χ0) is 15.9. The molecular formula is C18H23F2NO. The van der Waals surface area contributed by atoms with E-state index in [1.807, 2.05) is 4.90 Å². The van der Waals surface area contributed by atoms with Crippen LogP contribution in [0.1, 0.15) is 57.6 Å². The first kappa shape index (κ1) is 15.4. The summed E-state index contributed by atoms with van der Waals surface area (Å²) in [5.41, 5.74) is 0.592. The summed E-state index contributed by atoms with van der Waals surface area (Å²) >= 11 is 0. The van der Waals surface area contributed by atoms with Gasteiger partial charge in [-0.25, -0.2) is 8.78 Å². The Morgan fingerprint density at radius 2 is 1.82 bits per heavy atom. The molecule has 0 radical (unpaired) electrons. The number of carbonyl (C=O) groups is 1. The van der Waals surface area contributed by atoms with Crippen LogP contribution in [-0.4, -0.2) is 16.8 Å². The molecule has 0 N–H and O–H groups in total. The van der Waals surface area contributed by atoms with Crippen LogP contribution < -0.4 is 0 Å². The van der Waals surface area contributed by atoms with Crippen molar-refractivity contribution in [2.45, 2.75) is 58.0 Å². The fraction of sp³-hybridized carbons (Fsp3) is 0.611. The lowest BCUT2D eigenvalue weighted by atomic mass is 9.75. The van der Waals surface area contributed by atoms with Crippen molar-refractivity contribution in [3.8, 4) is 0 Å². The largest absolute Gasteiger partial charge is 0.332 e. The van der Waals surface area contributed by atoms with Crippen molar-refractivity contribution in [2.75, 3.05) is 0 Å². The Kier molecular flexibility index (Phi) is 4.20. The summed E-state index contributed by atoms with van der Waals surface area (Å²) in [4.78, 5) is 14.8. The van der Waals surface area contributed by atoms with Gasteiger partial charge in [0.15, 0.2) is 0 Å². The minimum atomic E-state index is -0.570. The number of rotatable bonds is 3. The van der Waals surface area contributed by atoms with E-state index in [9.17, 15) is 13.6 Å². The number of nitrogens with zero attached hydrogens (tertiary/aromatic N) is 1. The highest BCUT2D eigenvalue weighted by atomic mass is 19.1. The van der Waals surface area contributed by atoms with Crippen molar-refractivity contribution in [3.05, 3.63) is 35.4 Å². The molecule has 22 heavy (non-hydrogen) atoms. The van der Waals surface area contributed by atoms with E-state index in [1.165, 1.54) is 12.1 Å². The van der Waals surface area contributed by atoms with Gasteiger partial charge in [-0.2, -0.15) is 0 Å². The lowest BCUT2D eigenvalue weighted by molar-refractivity contribution is -0.143. The predicted octanol–water partition coefficient (Wildman–Crippen LogP) is 4.45. The lowest BCUT2D eigenvalue weighted by Gasteiger charge is -2.39. The van der Waals surface area contributed by atoms with Crippen LogP contribution in [0.2, 0.25) is 0 Å². The summed E-state index contributed by atoms with van der Waals surface area (Å²) < 4.78 is 27.1. The monoisotopic (exact) mass is 307 g/mol. The fourth-order valence-electron chi connectivity index (χ4n) is 4.03. The topological polar surface area (TPSA) is 20.3 Å². The first-order valence-electron chi connectivity index (χ1n) is 8.27. The van der Waals surface area contributed by atoms with Crippen LogP contribution in [-0.2, 0) is 4.79 Å². The Labute approximate surface area is 130 Å². The number of hydrogen-bond acceptors (Lipinski definition) is 1. The van der Waals surface area contributed by atoms with E-state index in [2.05, 4.69) is 13.8 Å². The van der Waals surface area contributed by atoms with Gasteiger partial charge in [0.1, 0.15) is 11.6 Å². The van der Waals surface area contributed by atoms with Crippen molar-refractivity contribution in [1.82, 2.24) is 4.90 Å². The molecule has 1 saturated carbocycles. The van der Waals surface area contributed by atoms with Crippen LogP contribution >= 0.6 is 0 Å². The van der Waals surface area contributed by atoms with Crippen LogP contribution in [0.4, 0.5) is 8.78 Å². The van der Waals surface area contributed by atoms with Gasteiger partial charge in [0.2, 0.25) is 5.91 Å². The highest BCUT2D eigenvalue weighted by molar-refractivity contribution is 5.81. The summed E-state index contributed by atoms with van der Waals surface area (Å²) in [7, 11) is 0. The third kappa shape index (κ3) is 2.75. The summed E-state index contributed by atoms with van der Waals surface area (Å²) in [5.74, 6) is -0.249. The van der Waals surface area contributed by atoms with Gasteiger partial charge in [-0.05, 0) is 55.7 Å². The average molecular weight is 307 g/mol. The third-order valence-corrected chi connectivity index (χ3v) is 5.22. The van der Waals surface area contributed by atoms with Crippen LogP contribution in [0.5, 0.6) is 0 Å². The maximum Gasteiger partial charge on any atom is 0.226 e. The molecule has 2 unspecified atom stereocenters. The predicted molar refractivity (Wildman–Crippen MR) is 81.1 cm³/mol. The normalized spacial score (nSPS) is 31.2. The van der Waals surface area contributed by atoms with Gasteiger partial charge < -0.3 is 4.90 Å². The standard InChI is InChI=1S/C18H23F2NO/c1-3-16-4-5-17(12-8-14(19)10-15(20)9-12)21(16)18(22)13-6-11(2)7-13/h8-11,13,16-17H,3-7H2,1-2H3. The van der Waals surface area contributed by atoms with Crippen molar-refractivity contribution >= 4 is 5.91 Å². The molecule has 1 amide bonds. The summed E-state index contributed by atoms with van der Waals surface area (Å²) in [5, 5.41) is 0. The van der Waals surface area contributed by atoms with Crippen LogP contribution in [0, 0.1) is 23.5 Å². The molecule has 1 heterocycles. The van der Waals surface area contributed by atoms with E-state index >= 15 is 0 Å². The van der Waals surface area contributed by atoms with E-state index in [0.29, 0.717) is 11.5 Å². The number of likely N-dealkylation sites (tertiary alicyclic amines) is 1. The Bertz CT molecular complexity index is 548. The van der Waals surface area contributed by atoms with Crippen LogP contribution in [0.3, 0.4) is 0 Å². The molecule has 120 valence electrons. The van der Waals surface area contributed by atoms with Gasteiger partial charge in [0.25, 0.3) is 0 Å². The summed E-state index contributed by atoms with van der Waals surface area (Å²) in [6.07, 6.45) is 4.47. The van der Waals surface area contributed by atoms with Gasteiger partial charge in [-0.15, -0.1) is 0 Å². The van der Waals surface area contributed by atoms with E-state index in [0.717, 1.165) is 38.2 Å². The van der Waals surface area contributed by atoms with Crippen molar-refractivity contribution in [3.63, 3.8) is 0 Å². The first-order valence-corrected chi connectivity index (χ1v) is 8.27. The molecular weight excluding hydrogens is 284 g/mol. The van der Waals surface area contributed by atoms with E-state index in [-0.39, 0.29) is 23.9 Å². The van der Waals surface area contributed by atoms with E-state index in [4.69, 9.17) is 0 Å². The molecule has 4 heteroatoms. The minimum absolute atomic E-state index is 0.100. The molecule has 2 atom stereocenters. The van der Waals surface area contributed by atoms with Gasteiger partial charge in [-0.1, -0.05) is 13.8 Å². The molecule has 2 aliphatic rings. The maximum absolute atomic E-state index is 13.5. The second-order valence-corrected chi connectivity index (χ2v) is 6.88. The molecule has 0 aromatic heterocycles. The second kappa shape index (κ2) is 5.98. The number of carbonyl (C=O) groups excluding carboxylic acids is 1. The molecule has 2 nitrogen and oxygen atoms in total. The highest BCUT2D eigenvalue weighted by Gasteiger charge is 2.42. The number of hydrogen-bond donors (Lipinski definition) is 0. The van der Waals surface area contributed by atoms with Crippen molar-refractivity contribution in [1.29, 1.82) is 0 Å². The Morgan fingerprint density at radius 1 is 1.18 bits per heavy atom. The average Bonchev–Trinajstić information content (AvgIpc) is 2.86. The van der Waals surface area contributed by atoms with Gasteiger partial charge >= 0.3 is 0 Å². The highest BCUT2D eigenvalue weighted by Crippen LogP contribution is 2.42. The SMILES string of the molecule is CCC1CCC(c2cc(F)cc(F)c2)N1C(=O)C1CC(C)C1. The van der Waals surface area contributed by atoms with Crippen LogP contribution in [0.25, 0.3) is 0 Å². The molecule has 1 aliphatic carbocycles. The zero-order valence-corrected chi connectivity index (χ0v) is 13.2. The van der Waals surface area contributed by atoms with Gasteiger partial charge in [0, 0.05) is 18.0 Å². The first-order chi connectivity index (χ1) is 10.5. The lowest BCUT2D eigenvalue weighted by Crippen LogP contribution is -2.44. The zero-order valence-electron chi connectivity index (χ0n) is 13.2. The molecule has 1 saturated heterocycles. The molecule has 3 rings (SSSR count). The number of halogens is 2. The molecule has 1 aliphatic heterocycles. The summed E-state index contributed by atoms with van der Waals surface area (Å²) in [6, 6.07) is 3.64. The molecule has 1 aromatic rings.